The van der Waals surface area contributed by atoms with Crippen molar-refractivity contribution < 1.29 is 4.74 Å². The van der Waals surface area contributed by atoms with Gasteiger partial charge in [0.15, 0.2) is 0 Å². The van der Waals surface area contributed by atoms with Gasteiger partial charge in [-0.05, 0) is 30.4 Å². The van der Waals surface area contributed by atoms with Crippen molar-refractivity contribution in [3.05, 3.63) is 29.0 Å². The van der Waals surface area contributed by atoms with Crippen molar-refractivity contribution in [3.63, 3.8) is 0 Å². The second-order valence-corrected chi connectivity index (χ2v) is 4.85. The number of rotatable bonds is 6. The van der Waals surface area contributed by atoms with Crippen LogP contribution in [0.3, 0.4) is 0 Å². The first-order valence-corrected chi connectivity index (χ1v) is 6.16. The molecule has 3 heteroatoms. The molecule has 0 spiro atoms. The molecule has 90 valence electrons. The molecule has 0 N–H and O–H groups in total. The van der Waals surface area contributed by atoms with Crippen LogP contribution in [0.4, 0.5) is 0 Å². The molecule has 16 heavy (non-hydrogen) atoms. The molecule has 0 saturated heterocycles. The van der Waals surface area contributed by atoms with Crippen molar-refractivity contribution in [1.29, 1.82) is 0 Å². The van der Waals surface area contributed by atoms with Crippen molar-refractivity contribution in [3.8, 4) is 0 Å². The van der Waals surface area contributed by atoms with E-state index in [-0.39, 0.29) is 5.41 Å². The molecule has 0 atom stereocenters. The van der Waals surface area contributed by atoms with Crippen molar-refractivity contribution >= 4 is 11.6 Å². The summed E-state index contributed by atoms with van der Waals surface area (Å²) in [6, 6.07) is 5.60. The van der Waals surface area contributed by atoms with E-state index < -0.39 is 0 Å². The fourth-order valence-corrected chi connectivity index (χ4v) is 1.57. The molecule has 0 aliphatic carbocycles. The maximum atomic E-state index is 5.80. The molecule has 0 radical (unpaired) electrons. The third-order valence-corrected chi connectivity index (χ3v) is 3.39. The van der Waals surface area contributed by atoms with Gasteiger partial charge < -0.3 is 4.74 Å². The molecule has 0 bridgehead atoms. The lowest BCUT2D eigenvalue weighted by atomic mass is 9.86. The Morgan fingerprint density at radius 3 is 2.56 bits per heavy atom. The Kier molecular flexibility index (Phi) is 5.23. The SMILES string of the molecule is CCC(C)(CC)COCc1cccc(Cl)n1. The van der Waals surface area contributed by atoms with E-state index in [0.717, 1.165) is 25.1 Å². The van der Waals surface area contributed by atoms with Gasteiger partial charge in [-0.1, -0.05) is 38.4 Å². The molecule has 0 aromatic carbocycles. The van der Waals surface area contributed by atoms with Gasteiger partial charge in [-0.3, -0.25) is 0 Å². The fourth-order valence-electron chi connectivity index (χ4n) is 1.39. The predicted molar refractivity (Wildman–Crippen MR) is 67.6 cm³/mol. The van der Waals surface area contributed by atoms with Crippen LogP contribution in [0.1, 0.15) is 39.3 Å². The lowest BCUT2D eigenvalue weighted by molar-refractivity contribution is 0.0366. The van der Waals surface area contributed by atoms with E-state index in [4.69, 9.17) is 16.3 Å². The Labute approximate surface area is 103 Å². The summed E-state index contributed by atoms with van der Waals surface area (Å²) in [5.74, 6) is 0. The summed E-state index contributed by atoms with van der Waals surface area (Å²) in [6.45, 7) is 7.96. The molecule has 1 heterocycles. The van der Waals surface area contributed by atoms with Gasteiger partial charge in [-0.2, -0.15) is 0 Å². The van der Waals surface area contributed by atoms with Gasteiger partial charge in [-0.15, -0.1) is 0 Å². The smallest absolute Gasteiger partial charge is 0.129 e. The standard InChI is InChI=1S/C13H20ClNO/c1-4-13(3,5-2)10-16-9-11-7-6-8-12(14)15-11/h6-8H,4-5,9-10H2,1-3H3. The number of halogens is 1. The van der Waals surface area contributed by atoms with Gasteiger partial charge in [-0.25, -0.2) is 4.98 Å². The van der Waals surface area contributed by atoms with Crippen LogP contribution in [0.15, 0.2) is 18.2 Å². The molecule has 1 aromatic rings. The van der Waals surface area contributed by atoms with Crippen molar-refractivity contribution in [2.45, 2.75) is 40.2 Å². The van der Waals surface area contributed by atoms with Crippen LogP contribution in [0.25, 0.3) is 0 Å². The van der Waals surface area contributed by atoms with Gasteiger partial charge in [0.2, 0.25) is 0 Å². The van der Waals surface area contributed by atoms with Gasteiger partial charge >= 0.3 is 0 Å². The Balaban J connectivity index is 2.41. The number of aromatic nitrogens is 1. The Morgan fingerprint density at radius 1 is 1.31 bits per heavy atom. The summed E-state index contributed by atoms with van der Waals surface area (Å²) in [6.07, 6.45) is 2.26. The van der Waals surface area contributed by atoms with Crippen LogP contribution >= 0.6 is 11.6 Å². The van der Waals surface area contributed by atoms with Crippen molar-refractivity contribution in [2.24, 2.45) is 5.41 Å². The molecular weight excluding hydrogens is 222 g/mol. The molecule has 2 nitrogen and oxygen atoms in total. The second-order valence-electron chi connectivity index (χ2n) is 4.46. The molecular formula is C13H20ClNO. The highest BCUT2D eigenvalue weighted by Crippen LogP contribution is 2.25. The largest absolute Gasteiger partial charge is 0.375 e. The zero-order chi connectivity index (χ0) is 12.0. The zero-order valence-electron chi connectivity index (χ0n) is 10.3. The summed E-state index contributed by atoms with van der Waals surface area (Å²) in [5, 5.41) is 0.523. The van der Waals surface area contributed by atoms with E-state index in [1.165, 1.54) is 0 Å². The highest BCUT2D eigenvalue weighted by molar-refractivity contribution is 6.29. The Morgan fingerprint density at radius 2 is 2.00 bits per heavy atom. The monoisotopic (exact) mass is 241 g/mol. The quantitative estimate of drug-likeness (QED) is 0.701. The lowest BCUT2D eigenvalue weighted by Crippen LogP contribution is -2.21. The lowest BCUT2D eigenvalue weighted by Gasteiger charge is -2.26. The van der Waals surface area contributed by atoms with E-state index >= 15 is 0 Å². The molecule has 0 unspecified atom stereocenters. The number of ether oxygens (including phenoxy) is 1. The highest BCUT2D eigenvalue weighted by atomic mass is 35.5. The van der Waals surface area contributed by atoms with Crippen LogP contribution in [-0.2, 0) is 11.3 Å². The number of hydrogen-bond acceptors (Lipinski definition) is 2. The normalized spacial score (nSPS) is 11.8. The van der Waals surface area contributed by atoms with Crippen LogP contribution < -0.4 is 0 Å². The minimum Gasteiger partial charge on any atom is -0.375 e. The van der Waals surface area contributed by atoms with Gasteiger partial charge in [0, 0.05) is 0 Å². The van der Waals surface area contributed by atoms with Crippen molar-refractivity contribution in [1.82, 2.24) is 4.98 Å². The minimum atomic E-state index is 0.276. The molecule has 0 fully saturated rings. The van der Waals surface area contributed by atoms with Crippen LogP contribution in [0, 0.1) is 5.41 Å². The molecule has 1 rings (SSSR count). The first-order valence-electron chi connectivity index (χ1n) is 5.79. The molecule has 0 aliphatic heterocycles. The molecule has 0 aliphatic rings. The topological polar surface area (TPSA) is 22.1 Å². The van der Waals surface area contributed by atoms with Gasteiger partial charge in [0.25, 0.3) is 0 Å². The summed E-state index contributed by atoms with van der Waals surface area (Å²) < 4.78 is 5.70. The molecule has 0 amide bonds. The van der Waals surface area contributed by atoms with Gasteiger partial charge in [0.05, 0.1) is 18.9 Å². The summed E-state index contributed by atoms with van der Waals surface area (Å²) in [4.78, 5) is 4.18. The van der Waals surface area contributed by atoms with Crippen LogP contribution in [-0.4, -0.2) is 11.6 Å². The minimum absolute atomic E-state index is 0.276. The van der Waals surface area contributed by atoms with E-state index in [0.29, 0.717) is 11.8 Å². The third-order valence-electron chi connectivity index (χ3n) is 3.18. The molecule has 0 saturated carbocycles. The summed E-state index contributed by atoms with van der Waals surface area (Å²) in [5.41, 5.74) is 1.17. The van der Waals surface area contributed by atoms with Gasteiger partial charge in [0.1, 0.15) is 5.15 Å². The summed E-state index contributed by atoms with van der Waals surface area (Å²) in [7, 11) is 0. The van der Waals surface area contributed by atoms with Crippen LogP contribution in [0.2, 0.25) is 5.15 Å². The zero-order valence-corrected chi connectivity index (χ0v) is 11.0. The first kappa shape index (κ1) is 13.5. The number of pyridine rings is 1. The highest BCUT2D eigenvalue weighted by Gasteiger charge is 2.19. The third kappa shape index (κ3) is 4.11. The predicted octanol–water partition coefficient (Wildman–Crippen LogP) is 4.08. The Hall–Kier alpha value is -0.600. The average molecular weight is 242 g/mol. The van der Waals surface area contributed by atoms with E-state index in [2.05, 4.69) is 25.8 Å². The Bertz CT molecular complexity index is 323. The summed E-state index contributed by atoms with van der Waals surface area (Å²) >= 11 is 5.80. The molecule has 1 aromatic heterocycles. The van der Waals surface area contributed by atoms with E-state index in [9.17, 15) is 0 Å². The number of hydrogen-bond donors (Lipinski definition) is 0. The van der Waals surface area contributed by atoms with E-state index in [1.54, 1.807) is 6.07 Å². The fraction of sp³-hybridized carbons (Fsp3) is 0.615. The van der Waals surface area contributed by atoms with E-state index in [1.807, 2.05) is 12.1 Å². The van der Waals surface area contributed by atoms with Crippen LogP contribution in [0.5, 0.6) is 0 Å². The van der Waals surface area contributed by atoms with Crippen molar-refractivity contribution in [2.75, 3.05) is 6.61 Å². The maximum Gasteiger partial charge on any atom is 0.129 e. The first-order chi connectivity index (χ1) is 7.59. The number of nitrogens with zero attached hydrogens (tertiary/aromatic N) is 1. The second kappa shape index (κ2) is 6.21. The maximum absolute atomic E-state index is 5.80. The average Bonchev–Trinajstić information content (AvgIpc) is 2.29.